The standard InChI is InChI=1S/C18H15ClN4O2/c1-9-3-2-4-10(5-9)11-6-12(11)13-7-15(22-23-16(13)19)14-8-20-18(25)21-17(14)24/h2-5,7-8,11-12H,6H2,1H3,(H2,20,21,24,25)/t11-,12+/m1/s1. The first-order valence-corrected chi connectivity index (χ1v) is 8.33. The van der Waals surface area contributed by atoms with Gasteiger partial charge >= 0.3 is 5.69 Å². The summed E-state index contributed by atoms with van der Waals surface area (Å²) in [6.07, 6.45) is 2.32. The van der Waals surface area contributed by atoms with E-state index >= 15 is 0 Å². The number of aromatic nitrogens is 4. The third-order valence-electron chi connectivity index (χ3n) is 4.53. The molecule has 2 atom stereocenters. The van der Waals surface area contributed by atoms with E-state index in [-0.39, 0.29) is 11.5 Å². The molecule has 25 heavy (non-hydrogen) atoms. The highest BCUT2D eigenvalue weighted by molar-refractivity contribution is 6.30. The van der Waals surface area contributed by atoms with Gasteiger partial charge in [0.05, 0.1) is 5.56 Å². The van der Waals surface area contributed by atoms with Crippen molar-refractivity contribution < 1.29 is 0 Å². The number of hydrogen-bond acceptors (Lipinski definition) is 4. The van der Waals surface area contributed by atoms with Gasteiger partial charge in [-0.15, -0.1) is 10.2 Å². The van der Waals surface area contributed by atoms with Gasteiger partial charge in [-0.3, -0.25) is 9.78 Å². The van der Waals surface area contributed by atoms with Gasteiger partial charge in [-0.05, 0) is 42.4 Å². The minimum atomic E-state index is -0.558. The third-order valence-corrected chi connectivity index (χ3v) is 4.83. The first kappa shape index (κ1) is 15.8. The van der Waals surface area contributed by atoms with E-state index in [1.165, 1.54) is 17.3 Å². The average Bonchev–Trinajstić information content (AvgIpc) is 3.36. The molecule has 0 radical (unpaired) electrons. The SMILES string of the molecule is Cc1cccc([C@H]2C[C@@H]2c2cc(-c3c[nH]c(=O)[nH]c3=O)nnc2Cl)c1. The van der Waals surface area contributed by atoms with E-state index in [0.717, 1.165) is 12.0 Å². The Morgan fingerprint density at radius 3 is 2.76 bits per heavy atom. The molecule has 0 bridgehead atoms. The van der Waals surface area contributed by atoms with Crippen molar-refractivity contribution in [1.82, 2.24) is 20.2 Å². The number of H-pyrrole nitrogens is 2. The molecule has 3 aromatic rings. The Kier molecular flexibility index (Phi) is 3.77. The lowest BCUT2D eigenvalue weighted by atomic mass is 10.0. The Bertz CT molecular complexity index is 1070. The van der Waals surface area contributed by atoms with Crippen molar-refractivity contribution in [2.45, 2.75) is 25.2 Å². The van der Waals surface area contributed by atoms with Crippen molar-refractivity contribution >= 4 is 11.6 Å². The highest BCUT2D eigenvalue weighted by Gasteiger charge is 2.41. The van der Waals surface area contributed by atoms with Crippen molar-refractivity contribution in [2.75, 3.05) is 0 Å². The maximum absolute atomic E-state index is 12.0. The lowest BCUT2D eigenvalue weighted by Gasteiger charge is -2.06. The normalized spacial score (nSPS) is 19.0. The highest BCUT2D eigenvalue weighted by Crippen LogP contribution is 2.56. The fourth-order valence-electron chi connectivity index (χ4n) is 3.19. The maximum Gasteiger partial charge on any atom is 0.325 e. The number of rotatable bonds is 3. The Balaban J connectivity index is 1.70. The quantitative estimate of drug-likeness (QED) is 0.756. The summed E-state index contributed by atoms with van der Waals surface area (Å²) in [6.45, 7) is 2.07. The molecule has 1 aliphatic carbocycles. The van der Waals surface area contributed by atoms with Crippen LogP contribution in [0.2, 0.25) is 5.15 Å². The van der Waals surface area contributed by atoms with Gasteiger partial charge in [-0.25, -0.2) is 4.79 Å². The van der Waals surface area contributed by atoms with Gasteiger partial charge in [0.1, 0.15) is 5.69 Å². The van der Waals surface area contributed by atoms with Gasteiger partial charge in [-0.2, -0.15) is 0 Å². The summed E-state index contributed by atoms with van der Waals surface area (Å²) in [7, 11) is 0. The molecule has 0 spiro atoms. The number of hydrogen-bond donors (Lipinski definition) is 2. The predicted molar refractivity (Wildman–Crippen MR) is 95.0 cm³/mol. The minimum absolute atomic E-state index is 0.255. The van der Waals surface area contributed by atoms with Gasteiger partial charge < -0.3 is 4.98 Å². The van der Waals surface area contributed by atoms with E-state index in [1.54, 1.807) is 6.07 Å². The summed E-state index contributed by atoms with van der Waals surface area (Å²) >= 11 is 6.25. The van der Waals surface area contributed by atoms with Crippen LogP contribution in [0.25, 0.3) is 11.3 Å². The number of halogens is 1. The molecule has 1 aromatic carbocycles. The Labute approximate surface area is 147 Å². The molecular formula is C18H15ClN4O2. The van der Waals surface area contributed by atoms with Crippen LogP contribution < -0.4 is 11.2 Å². The molecule has 7 heteroatoms. The molecule has 4 rings (SSSR count). The van der Waals surface area contributed by atoms with Gasteiger partial charge in [0.2, 0.25) is 0 Å². The van der Waals surface area contributed by atoms with Gasteiger partial charge in [0, 0.05) is 6.20 Å². The molecule has 1 fully saturated rings. The first-order chi connectivity index (χ1) is 12.0. The lowest BCUT2D eigenvalue weighted by molar-refractivity contribution is 0.951. The number of aryl methyl sites for hydroxylation is 1. The fourth-order valence-corrected chi connectivity index (χ4v) is 3.42. The van der Waals surface area contributed by atoms with Crippen molar-refractivity contribution in [3.63, 3.8) is 0 Å². The van der Waals surface area contributed by atoms with Crippen LogP contribution in [0.3, 0.4) is 0 Å². The minimum Gasteiger partial charge on any atom is -0.313 e. The van der Waals surface area contributed by atoms with Crippen molar-refractivity contribution in [3.05, 3.63) is 79.2 Å². The molecule has 2 aromatic heterocycles. The summed E-state index contributed by atoms with van der Waals surface area (Å²) in [4.78, 5) is 27.8. The zero-order valence-corrected chi connectivity index (χ0v) is 14.2. The monoisotopic (exact) mass is 354 g/mol. The summed E-state index contributed by atoms with van der Waals surface area (Å²) in [6, 6.07) is 10.2. The summed E-state index contributed by atoms with van der Waals surface area (Å²) in [5.74, 6) is 0.647. The second-order valence-corrected chi connectivity index (χ2v) is 6.68. The number of nitrogens with one attached hydrogen (secondary N) is 2. The molecule has 0 saturated heterocycles. The van der Waals surface area contributed by atoms with Gasteiger partial charge in [0.25, 0.3) is 5.56 Å². The second kappa shape index (κ2) is 5.97. The highest BCUT2D eigenvalue weighted by atomic mass is 35.5. The molecule has 2 heterocycles. The van der Waals surface area contributed by atoms with Crippen molar-refractivity contribution in [3.8, 4) is 11.3 Å². The third kappa shape index (κ3) is 3.00. The summed E-state index contributed by atoms with van der Waals surface area (Å²) < 4.78 is 0. The molecule has 1 saturated carbocycles. The molecule has 6 nitrogen and oxygen atoms in total. The molecule has 1 aliphatic rings. The number of nitrogens with zero attached hydrogens (tertiary/aromatic N) is 2. The van der Waals surface area contributed by atoms with Gasteiger partial charge in [0.15, 0.2) is 5.15 Å². The Morgan fingerprint density at radius 2 is 2.00 bits per heavy atom. The Hall–Kier alpha value is -2.73. The molecular weight excluding hydrogens is 340 g/mol. The van der Waals surface area contributed by atoms with Crippen LogP contribution >= 0.6 is 11.6 Å². The summed E-state index contributed by atoms with van der Waals surface area (Å²) in [5.41, 5.74) is 2.98. The van der Waals surface area contributed by atoms with Crippen LogP contribution in [0.1, 0.15) is 34.9 Å². The molecule has 2 N–H and O–H groups in total. The number of aromatic amines is 2. The van der Waals surface area contributed by atoms with Crippen LogP contribution in [-0.4, -0.2) is 20.2 Å². The first-order valence-electron chi connectivity index (χ1n) is 7.95. The van der Waals surface area contributed by atoms with E-state index in [0.29, 0.717) is 16.8 Å². The van der Waals surface area contributed by atoms with Crippen LogP contribution in [0.15, 0.2) is 46.1 Å². The van der Waals surface area contributed by atoms with Crippen LogP contribution in [0, 0.1) is 6.92 Å². The van der Waals surface area contributed by atoms with Crippen LogP contribution in [-0.2, 0) is 0 Å². The molecule has 0 amide bonds. The Morgan fingerprint density at radius 1 is 1.16 bits per heavy atom. The second-order valence-electron chi connectivity index (χ2n) is 6.32. The van der Waals surface area contributed by atoms with Crippen LogP contribution in [0.5, 0.6) is 0 Å². The average molecular weight is 355 g/mol. The van der Waals surface area contributed by atoms with E-state index < -0.39 is 11.2 Å². The number of benzene rings is 1. The predicted octanol–water partition coefficient (Wildman–Crippen LogP) is 2.75. The molecule has 0 unspecified atom stereocenters. The zero-order valence-electron chi connectivity index (χ0n) is 13.4. The zero-order chi connectivity index (χ0) is 17.6. The maximum atomic E-state index is 12.0. The lowest BCUT2D eigenvalue weighted by Crippen LogP contribution is -2.23. The van der Waals surface area contributed by atoms with E-state index in [9.17, 15) is 9.59 Å². The van der Waals surface area contributed by atoms with E-state index in [4.69, 9.17) is 11.6 Å². The molecule has 126 valence electrons. The largest absolute Gasteiger partial charge is 0.325 e. The molecule has 0 aliphatic heterocycles. The van der Waals surface area contributed by atoms with E-state index in [1.807, 2.05) is 0 Å². The van der Waals surface area contributed by atoms with E-state index in [2.05, 4.69) is 51.4 Å². The van der Waals surface area contributed by atoms with Crippen molar-refractivity contribution in [2.24, 2.45) is 0 Å². The smallest absolute Gasteiger partial charge is 0.313 e. The topological polar surface area (TPSA) is 91.5 Å². The van der Waals surface area contributed by atoms with Crippen LogP contribution in [0.4, 0.5) is 0 Å². The summed E-state index contributed by atoms with van der Waals surface area (Å²) in [5, 5.41) is 8.35. The fraction of sp³-hybridized carbons (Fsp3) is 0.222. The van der Waals surface area contributed by atoms with Gasteiger partial charge in [-0.1, -0.05) is 41.4 Å². The van der Waals surface area contributed by atoms with Crippen molar-refractivity contribution in [1.29, 1.82) is 0 Å².